The molecule has 0 aliphatic carbocycles. The van der Waals surface area contributed by atoms with E-state index in [0.29, 0.717) is 6.54 Å². The number of carbonyl (C=O) groups excluding carboxylic acids is 1. The Balaban J connectivity index is 1.46. The van der Waals surface area contributed by atoms with Crippen molar-refractivity contribution in [2.45, 2.75) is 33.9 Å². The molecule has 4 aromatic rings. The first kappa shape index (κ1) is 20.0. The number of aryl methyl sites for hydroxylation is 3. The Hall–Kier alpha value is -3.32. The van der Waals surface area contributed by atoms with Crippen LogP contribution in [0.4, 0.5) is 16.2 Å². The van der Waals surface area contributed by atoms with Crippen molar-refractivity contribution < 1.29 is 9.53 Å². The summed E-state index contributed by atoms with van der Waals surface area (Å²) in [5, 5.41) is 8.30. The van der Waals surface area contributed by atoms with Crippen molar-refractivity contribution in [1.82, 2.24) is 9.38 Å². The lowest BCUT2D eigenvalue weighted by Crippen LogP contribution is -2.16. The van der Waals surface area contributed by atoms with E-state index in [-0.39, 0.29) is 6.61 Å². The SMILES string of the molecule is Cc1cccc(NC(=O)OCc2cccs2)c1CNc1ccc2nc(C)c(C)n2c1. The molecule has 1 aromatic carbocycles. The number of thiophene rings is 1. The summed E-state index contributed by atoms with van der Waals surface area (Å²) in [6, 6.07) is 13.8. The number of hydrogen-bond acceptors (Lipinski definition) is 5. The topological polar surface area (TPSA) is 67.7 Å². The van der Waals surface area contributed by atoms with Crippen molar-refractivity contribution in [1.29, 1.82) is 0 Å². The first-order valence-corrected chi connectivity index (χ1v) is 10.6. The number of anilines is 2. The zero-order valence-electron chi connectivity index (χ0n) is 17.2. The average molecular weight is 421 g/mol. The number of nitrogens with zero attached hydrogens (tertiary/aromatic N) is 2. The lowest BCUT2D eigenvalue weighted by Gasteiger charge is -2.15. The highest BCUT2D eigenvalue weighted by Crippen LogP contribution is 2.23. The highest BCUT2D eigenvalue weighted by molar-refractivity contribution is 7.09. The van der Waals surface area contributed by atoms with Crippen molar-refractivity contribution in [2.75, 3.05) is 10.6 Å². The fourth-order valence-corrected chi connectivity index (χ4v) is 3.92. The molecule has 0 unspecified atom stereocenters. The molecule has 0 saturated carbocycles. The van der Waals surface area contributed by atoms with E-state index in [9.17, 15) is 4.79 Å². The predicted octanol–water partition coefficient (Wildman–Crippen LogP) is 5.68. The minimum Gasteiger partial charge on any atom is -0.444 e. The zero-order chi connectivity index (χ0) is 21.1. The van der Waals surface area contributed by atoms with Crippen LogP contribution in [0.25, 0.3) is 5.65 Å². The molecule has 2 N–H and O–H groups in total. The third-order valence-corrected chi connectivity index (χ3v) is 5.99. The molecule has 154 valence electrons. The summed E-state index contributed by atoms with van der Waals surface area (Å²) in [6.45, 7) is 6.95. The van der Waals surface area contributed by atoms with Gasteiger partial charge in [0.25, 0.3) is 0 Å². The van der Waals surface area contributed by atoms with Crippen LogP contribution >= 0.6 is 11.3 Å². The molecule has 4 rings (SSSR count). The maximum atomic E-state index is 12.3. The van der Waals surface area contributed by atoms with Gasteiger partial charge in [0.1, 0.15) is 12.3 Å². The maximum Gasteiger partial charge on any atom is 0.411 e. The summed E-state index contributed by atoms with van der Waals surface area (Å²) in [5.41, 5.74) is 6.92. The second kappa shape index (κ2) is 8.59. The summed E-state index contributed by atoms with van der Waals surface area (Å²) in [4.78, 5) is 17.8. The molecule has 0 atom stereocenters. The van der Waals surface area contributed by atoms with E-state index in [2.05, 4.69) is 26.9 Å². The summed E-state index contributed by atoms with van der Waals surface area (Å²) in [6.07, 6.45) is 1.59. The molecule has 3 heterocycles. The van der Waals surface area contributed by atoms with Crippen molar-refractivity contribution in [3.05, 3.63) is 81.4 Å². The summed E-state index contributed by atoms with van der Waals surface area (Å²) >= 11 is 1.56. The zero-order valence-corrected chi connectivity index (χ0v) is 18.0. The van der Waals surface area contributed by atoms with Crippen LogP contribution in [0.5, 0.6) is 0 Å². The number of hydrogen-bond donors (Lipinski definition) is 2. The van der Waals surface area contributed by atoms with Crippen LogP contribution in [0.15, 0.2) is 54.0 Å². The summed E-state index contributed by atoms with van der Waals surface area (Å²) in [5.74, 6) is 0. The number of rotatable bonds is 6. The third kappa shape index (κ3) is 4.31. The van der Waals surface area contributed by atoms with E-state index < -0.39 is 6.09 Å². The van der Waals surface area contributed by atoms with E-state index in [4.69, 9.17) is 4.74 Å². The molecular weight excluding hydrogens is 396 g/mol. The second-order valence-electron chi connectivity index (χ2n) is 7.16. The Bertz CT molecular complexity index is 1180. The molecule has 0 aliphatic rings. The lowest BCUT2D eigenvalue weighted by atomic mass is 10.1. The number of ether oxygens (including phenoxy) is 1. The first-order chi connectivity index (χ1) is 14.5. The standard InChI is InChI=1S/C23H24N4O2S/c1-15-6-4-8-21(26-23(28)29-14-19-7-5-11-30-19)20(15)12-24-18-9-10-22-25-16(2)17(3)27(22)13-18/h4-11,13,24H,12,14H2,1-3H3,(H,26,28). The molecular formula is C23H24N4O2S. The van der Waals surface area contributed by atoms with Crippen LogP contribution in [0.2, 0.25) is 0 Å². The maximum absolute atomic E-state index is 12.3. The quantitative estimate of drug-likeness (QED) is 0.421. The van der Waals surface area contributed by atoms with Crippen LogP contribution in [0.1, 0.15) is 27.4 Å². The molecule has 7 heteroatoms. The van der Waals surface area contributed by atoms with Gasteiger partial charge in [0, 0.05) is 29.0 Å². The lowest BCUT2D eigenvalue weighted by molar-refractivity contribution is 0.156. The highest BCUT2D eigenvalue weighted by Gasteiger charge is 2.11. The Kier molecular flexibility index (Phi) is 5.72. The van der Waals surface area contributed by atoms with Crippen LogP contribution < -0.4 is 10.6 Å². The minimum absolute atomic E-state index is 0.270. The number of imidazole rings is 1. The molecule has 6 nitrogen and oxygen atoms in total. The molecule has 0 radical (unpaired) electrons. The molecule has 1 amide bonds. The van der Waals surface area contributed by atoms with Gasteiger partial charge in [-0.15, -0.1) is 11.3 Å². The number of amides is 1. The Labute approximate surface area is 179 Å². The number of pyridine rings is 1. The average Bonchev–Trinajstić information content (AvgIpc) is 3.35. The van der Waals surface area contributed by atoms with E-state index in [1.54, 1.807) is 11.3 Å². The van der Waals surface area contributed by atoms with Crippen LogP contribution in [0, 0.1) is 20.8 Å². The van der Waals surface area contributed by atoms with E-state index in [0.717, 1.165) is 44.4 Å². The minimum atomic E-state index is -0.457. The Morgan fingerprint density at radius 2 is 2.00 bits per heavy atom. The fourth-order valence-electron chi connectivity index (χ4n) is 3.31. The van der Waals surface area contributed by atoms with Gasteiger partial charge in [-0.3, -0.25) is 5.32 Å². The van der Waals surface area contributed by atoms with Gasteiger partial charge in [0.2, 0.25) is 0 Å². The molecule has 3 aromatic heterocycles. The third-order valence-electron chi connectivity index (χ3n) is 5.14. The van der Waals surface area contributed by atoms with Gasteiger partial charge in [0.05, 0.1) is 11.4 Å². The summed E-state index contributed by atoms with van der Waals surface area (Å²) < 4.78 is 7.42. The van der Waals surface area contributed by atoms with E-state index in [1.807, 2.05) is 67.9 Å². The van der Waals surface area contributed by atoms with E-state index in [1.165, 1.54) is 0 Å². The van der Waals surface area contributed by atoms with E-state index >= 15 is 0 Å². The predicted molar refractivity (Wildman–Crippen MR) is 121 cm³/mol. The summed E-state index contributed by atoms with van der Waals surface area (Å²) in [7, 11) is 0. The molecule has 30 heavy (non-hydrogen) atoms. The fraction of sp³-hybridized carbons (Fsp3) is 0.217. The van der Waals surface area contributed by atoms with Crippen LogP contribution in [0.3, 0.4) is 0 Å². The number of fused-ring (bicyclic) bond motifs is 1. The molecule has 0 bridgehead atoms. The molecule has 0 saturated heterocycles. The first-order valence-electron chi connectivity index (χ1n) is 9.75. The van der Waals surface area contributed by atoms with Crippen molar-refractivity contribution in [3.8, 4) is 0 Å². The monoisotopic (exact) mass is 420 g/mol. The number of nitrogens with one attached hydrogen (secondary N) is 2. The Morgan fingerprint density at radius 1 is 1.13 bits per heavy atom. The van der Waals surface area contributed by atoms with Gasteiger partial charge in [-0.1, -0.05) is 18.2 Å². The van der Waals surface area contributed by atoms with Crippen molar-refractivity contribution >= 4 is 34.5 Å². The van der Waals surface area contributed by atoms with Gasteiger partial charge in [-0.25, -0.2) is 9.78 Å². The molecule has 0 aliphatic heterocycles. The van der Waals surface area contributed by atoms with Gasteiger partial charge in [-0.05, 0) is 61.5 Å². The second-order valence-corrected chi connectivity index (χ2v) is 8.20. The van der Waals surface area contributed by atoms with Crippen molar-refractivity contribution in [3.63, 3.8) is 0 Å². The Morgan fingerprint density at radius 3 is 2.80 bits per heavy atom. The van der Waals surface area contributed by atoms with Gasteiger partial charge in [-0.2, -0.15) is 0 Å². The molecule has 0 fully saturated rings. The largest absolute Gasteiger partial charge is 0.444 e. The van der Waals surface area contributed by atoms with Crippen LogP contribution in [-0.2, 0) is 17.9 Å². The highest BCUT2D eigenvalue weighted by atomic mass is 32.1. The number of benzene rings is 1. The van der Waals surface area contributed by atoms with Gasteiger partial charge >= 0.3 is 6.09 Å². The van der Waals surface area contributed by atoms with Crippen LogP contribution in [-0.4, -0.2) is 15.5 Å². The van der Waals surface area contributed by atoms with Gasteiger partial charge < -0.3 is 14.5 Å². The van der Waals surface area contributed by atoms with Gasteiger partial charge in [0.15, 0.2) is 0 Å². The smallest absolute Gasteiger partial charge is 0.411 e. The van der Waals surface area contributed by atoms with Crippen molar-refractivity contribution in [2.24, 2.45) is 0 Å². The number of aromatic nitrogens is 2. The molecule has 0 spiro atoms. The number of carbonyl (C=O) groups is 1. The normalized spacial score (nSPS) is 10.9.